The lowest BCUT2D eigenvalue weighted by molar-refractivity contribution is 0.102. The molecule has 1 N–H and O–H groups in total. The van der Waals surface area contributed by atoms with Crippen molar-refractivity contribution in [3.63, 3.8) is 0 Å². The average molecular weight is 404 g/mol. The third-order valence-corrected chi connectivity index (χ3v) is 5.61. The molecule has 0 radical (unpaired) electrons. The summed E-state index contributed by atoms with van der Waals surface area (Å²) in [5.41, 5.74) is 3.70. The van der Waals surface area contributed by atoms with Crippen molar-refractivity contribution in [3.05, 3.63) is 71.1 Å². The van der Waals surface area contributed by atoms with Gasteiger partial charge in [-0.25, -0.2) is 4.98 Å². The van der Waals surface area contributed by atoms with Crippen LogP contribution in [-0.4, -0.2) is 25.1 Å². The van der Waals surface area contributed by atoms with Gasteiger partial charge >= 0.3 is 0 Å². The van der Waals surface area contributed by atoms with E-state index in [0.717, 1.165) is 27.0 Å². The SMILES string of the molecule is COc1cc(C)c(NC(=O)c2cc(-c3cccs3)nc3ccccc23)cc1OC. The highest BCUT2D eigenvalue weighted by Gasteiger charge is 2.17. The summed E-state index contributed by atoms with van der Waals surface area (Å²) in [7, 11) is 3.16. The molecule has 4 aromatic rings. The number of nitrogens with zero attached hydrogens (tertiary/aromatic N) is 1. The van der Waals surface area contributed by atoms with Gasteiger partial charge in [-0.05, 0) is 42.1 Å². The van der Waals surface area contributed by atoms with E-state index in [-0.39, 0.29) is 5.91 Å². The number of methoxy groups -OCH3 is 2. The number of aromatic nitrogens is 1. The molecule has 2 aromatic carbocycles. The van der Waals surface area contributed by atoms with Crippen LogP contribution in [-0.2, 0) is 0 Å². The fraction of sp³-hybridized carbons (Fsp3) is 0.130. The number of nitrogens with one attached hydrogen (secondary N) is 1. The number of rotatable bonds is 5. The molecule has 0 aliphatic rings. The first kappa shape index (κ1) is 19.0. The Morgan fingerprint density at radius 1 is 1.00 bits per heavy atom. The highest BCUT2D eigenvalue weighted by molar-refractivity contribution is 7.13. The Balaban J connectivity index is 1.78. The number of amides is 1. The van der Waals surface area contributed by atoms with Crippen molar-refractivity contribution in [3.8, 4) is 22.1 Å². The lowest BCUT2D eigenvalue weighted by Crippen LogP contribution is -2.14. The molecule has 146 valence electrons. The smallest absolute Gasteiger partial charge is 0.256 e. The fourth-order valence-electron chi connectivity index (χ4n) is 3.22. The summed E-state index contributed by atoms with van der Waals surface area (Å²) in [5.74, 6) is 0.987. The Bertz CT molecular complexity index is 1190. The van der Waals surface area contributed by atoms with E-state index >= 15 is 0 Å². The lowest BCUT2D eigenvalue weighted by Gasteiger charge is -2.15. The molecule has 1 amide bonds. The maximum Gasteiger partial charge on any atom is 0.256 e. The summed E-state index contributed by atoms with van der Waals surface area (Å²) in [6, 6.07) is 17.1. The van der Waals surface area contributed by atoms with Crippen molar-refractivity contribution < 1.29 is 14.3 Å². The van der Waals surface area contributed by atoms with Gasteiger partial charge in [0.05, 0.1) is 35.9 Å². The number of carbonyl (C=O) groups excluding carboxylic acids is 1. The van der Waals surface area contributed by atoms with Gasteiger partial charge in [0.15, 0.2) is 11.5 Å². The number of thiophene rings is 1. The van der Waals surface area contributed by atoms with Gasteiger partial charge in [0.1, 0.15) is 0 Å². The van der Waals surface area contributed by atoms with E-state index in [9.17, 15) is 4.79 Å². The van der Waals surface area contributed by atoms with Gasteiger partial charge in [-0.15, -0.1) is 11.3 Å². The summed E-state index contributed by atoms with van der Waals surface area (Å²) in [4.78, 5) is 19.0. The molecule has 0 saturated heterocycles. The topological polar surface area (TPSA) is 60.5 Å². The first-order valence-electron chi connectivity index (χ1n) is 9.08. The third-order valence-electron chi connectivity index (χ3n) is 4.71. The fourth-order valence-corrected chi connectivity index (χ4v) is 3.90. The largest absolute Gasteiger partial charge is 0.493 e. The van der Waals surface area contributed by atoms with Crippen molar-refractivity contribution in [2.24, 2.45) is 0 Å². The molecule has 0 aliphatic carbocycles. The van der Waals surface area contributed by atoms with Crippen LogP contribution in [0.2, 0.25) is 0 Å². The van der Waals surface area contributed by atoms with Crippen molar-refractivity contribution in [2.75, 3.05) is 19.5 Å². The minimum Gasteiger partial charge on any atom is -0.493 e. The Labute approximate surface area is 172 Å². The van der Waals surface area contributed by atoms with Gasteiger partial charge in [0.2, 0.25) is 0 Å². The molecule has 0 fully saturated rings. The number of aryl methyl sites for hydroxylation is 1. The number of fused-ring (bicyclic) bond motifs is 1. The molecule has 5 nitrogen and oxygen atoms in total. The van der Waals surface area contributed by atoms with Crippen LogP contribution >= 0.6 is 11.3 Å². The van der Waals surface area contributed by atoms with E-state index in [4.69, 9.17) is 14.5 Å². The van der Waals surface area contributed by atoms with Gasteiger partial charge < -0.3 is 14.8 Å². The Morgan fingerprint density at radius 2 is 1.76 bits per heavy atom. The van der Waals surface area contributed by atoms with Crippen LogP contribution < -0.4 is 14.8 Å². The summed E-state index contributed by atoms with van der Waals surface area (Å²) in [5, 5.41) is 5.83. The van der Waals surface area contributed by atoms with Gasteiger partial charge in [0.25, 0.3) is 5.91 Å². The van der Waals surface area contributed by atoms with E-state index in [1.54, 1.807) is 31.6 Å². The predicted octanol–water partition coefficient (Wildman–Crippen LogP) is 5.54. The lowest BCUT2D eigenvalue weighted by atomic mass is 10.1. The molecule has 0 atom stereocenters. The molecule has 4 rings (SSSR count). The van der Waals surface area contributed by atoms with Crippen LogP contribution in [0.1, 0.15) is 15.9 Å². The number of pyridine rings is 1. The maximum atomic E-state index is 13.2. The van der Waals surface area contributed by atoms with E-state index in [0.29, 0.717) is 22.7 Å². The van der Waals surface area contributed by atoms with Crippen LogP contribution in [0.4, 0.5) is 5.69 Å². The van der Waals surface area contributed by atoms with E-state index in [2.05, 4.69) is 5.32 Å². The second-order valence-corrected chi connectivity index (χ2v) is 7.47. The van der Waals surface area contributed by atoms with Crippen LogP contribution in [0, 0.1) is 6.92 Å². The minimum atomic E-state index is -0.197. The highest BCUT2D eigenvalue weighted by Crippen LogP contribution is 2.34. The molecule has 0 bridgehead atoms. The van der Waals surface area contributed by atoms with Gasteiger partial charge in [-0.2, -0.15) is 0 Å². The second kappa shape index (κ2) is 7.93. The third kappa shape index (κ3) is 3.67. The summed E-state index contributed by atoms with van der Waals surface area (Å²) in [6.45, 7) is 1.92. The molecule has 6 heteroatoms. The quantitative estimate of drug-likeness (QED) is 0.474. The number of benzene rings is 2. The van der Waals surface area contributed by atoms with Crippen molar-refractivity contribution >= 4 is 33.8 Å². The number of hydrogen-bond donors (Lipinski definition) is 1. The summed E-state index contributed by atoms with van der Waals surface area (Å²) in [6.07, 6.45) is 0. The molecular formula is C23H20N2O3S. The van der Waals surface area contributed by atoms with Crippen LogP contribution in [0.15, 0.2) is 60.0 Å². The number of anilines is 1. The molecule has 0 unspecified atom stereocenters. The van der Waals surface area contributed by atoms with Crippen LogP contribution in [0.5, 0.6) is 11.5 Å². The molecule has 0 spiro atoms. The van der Waals surface area contributed by atoms with Crippen molar-refractivity contribution in [2.45, 2.75) is 6.92 Å². The summed E-state index contributed by atoms with van der Waals surface area (Å²) < 4.78 is 10.7. The Kier molecular flexibility index (Phi) is 5.18. The number of hydrogen-bond acceptors (Lipinski definition) is 5. The van der Waals surface area contributed by atoms with Crippen molar-refractivity contribution in [1.82, 2.24) is 4.98 Å². The first-order valence-corrected chi connectivity index (χ1v) is 9.96. The Morgan fingerprint density at radius 3 is 2.48 bits per heavy atom. The zero-order chi connectivity index (χ0) is 20.4. The number of para-hydroxylation sites is 1. The maximum absolute atomic E-state index is 13.2. The molecule has 0 aliphatic heterocycles. The molecular weight excluding hydrogens is 384 g/mol. The van der Waals surface area contributed by atoms with Gasteiger partial charge in [0, 0.05) is 17.1 Å². The normalized spacial score (nSPS) is 10.7. The van der Waals surface area contributed by atoms with Gasteiger partial charge in [-0.1, -0.05) is 24.3 Å². The first-order chi connectivity index (χ1) is 14.1. The molecule has 29 heavy (non-hydrogen) atoms. The van der Waals surface area contributed by atoms with Gasteiger partial charge in [-0.3, -0.25) is 4.79 Å². The van der Waals surface area contributed by atoms with E-state index in [1.807, 2.05) is 60.8 Å². The molecule has 2 aromatic heterocycles. The van der Waals surface area contributed by atoms with Crippen LogP contribution in [0.3, 0.4) is 0 Å². The van der Waals surface area contributed by atoms with E-state index in [1.165, 1.54) is 0 Å². The highest BCUT2D eigenvalue weighted by atomic mass is 32.1. The zero-order valence-corrected chi connectivity index (χ0v) is 17.2. The summed E-state index contributed by atoms with van der Waals surface area (Å²) >= 11 is 1.60. The van der Waals surface area contributed by atoms with Crippen molar-refractivity contribution in [1.29, 1.82) is 0 Å². The zero-order valence-electron chi connectivity index (χ0n) is 16.4. The second-order valence-electron chi connectivity index (χ2n) is 6.53. The average Bonchev–Trinajstić information content (AvgIpc) is 3.29. The van der Waals surface area contributed by atoms with E-state index < -0.39 is 0 Å². The monoisotopic (exact) mass is 404 g/mol. The molecule has 0 saturated carbocycles. The minimum absolute atomic E-state index is 0.197. The number of ether oxygens (including phenoxy) is 2. The predicted molar refractivity (Wildman–Crippen MR) is 117 cm³/mol. The Hall–Kier alpha value is -3.38. The number of carbonyl (C=O) groups is 1. The standard InChI is InChI=1S/C23H20N2O3S/c1-14-11-20(27-2)21(28-3)13-18(14)25-23(26)16-12-19(22-9-6-10-29-22)24-17-8-5-4-7-15(16)17/h4-13H,1-3H3,(H,25,26). The molecule has 2 heterocycles. The van der Waals surface area contributed by atoms with Crippen LogP contribution in [0.25, 0.3) is 21.5 Å².